The van der Waals surface area contributed by atoms with E-state index in [-0.39, 0.29) is 24.0 Å². The Hall–Kier alpha value is -0.320. The van der Waals surface area contributed by atoms with E-state index in [0.29, 0.717) is 0 Å². The van der Waals surface area contributed by atoms with Crippen LogP contribution in [0.3, 0.4) is 0 Å². The van der Waals surface area contributed by atoms with Crippen LogP contribution in [-0.4, -0.2) is 13.1 Å². The van der Waals surface area contributed by atoms with Gasteiger partial charge in [0.15, 0.2) is 12.4 Å². The molecular formula is C9H13IN2. The summed E-state index contributed by atoms with van der Waals surface area (Å²) in [5.41, 5.74) is 0. The molecule has 0 saturated carbocycles. The van der Waals surface area contributed by atoms with Crippen molar-refractivity contribution in [1.82, 2.24) is 0 Å². The molecule has 1 saturated heterocycles. The zero-order valence-electron chi connectivity index (χ0n) is 6.99. The summed E-state index contributed by atoms with van der Waals surface area (Å²) < 4.78 is 2.17. The normalized spacial score (nSPS) is 15.8. The molecule has 0 atom stereocenters. The highest BCUT2D eigenvalue weighted by Gasteiger charge is 2.16. The number of nitrogens with zero attached hydrogens (tertiary/aromatic N) is 2. The Labute approximate surface area is 90.2 Å². The SMILES string of the molecule is [I-].c1cc[n+](N2CCCC2)cc1. The molecule has 0 N–H and O–H groups in total. The molecule has 2 nitrogen and oxygen atoms in total. The van der Waals surface area contributed by atoms with E-state index < -0.39 is 0 Å². The van der Waals surface area contributed by atoms with Gasteiger partial charge in [0.05, 0.1) is 13.1 Å². The van der Waals surface area contributed by atoms with Crippen molar-refractivity contribution < 1.29 is 28.7 Å². The molecule has 0 spiro atoms. The summed E-state index contributed by atoms with van der Waals surface area (Å²) in [4.78, 5) is 0. The van der Waals surface area contributed by atoms with Crippen LogP contribution in [0.5, 0.6) is 0 Å². The number of rotatable bonds is 1. The molecule has 2 rings (SSSR count). The van der Waals surface area contributed by atoms with Crippen LogP contribution in [0, 0.1) is 0 Å². The highest BCUT2D eigenvalue weighted by Crippen LogP contribution is 2.00. The van der Waals surface area contributed by atoms with Crippen LogP contribution >= 0.6 is 0 Å². The van der Waals surface area contributed by atoms with Crippen molar-refractivity contribution in [1.29, 1.82) is 0 Å². The molecule has 66 valence electrons. The standard InChI is InChI=1S/C9H13N2.HI/c1-2-6-10(7-3-1)11-8-4-5-9-11;/h1-3,6-7H,4-5,8-9H2;1H/q+1;/p-1. The Morgan fingerprint density at radius 1 is 0.917 bits per heavy atom. The van der Waals surface area contributed by atoms with Gasteiger partial charge in [0.25, 0.3) is 0 Å². The average molecular weight is 276 g/mol. The van der Waals surface area contributed by atoms with E-state index in [1.165, 1.54) is 25.9 Å². The van der Waals surface area contributed by atoms with E-state index in [1.54, 1.807) is 0 Å². The zero-order chi connectivity index (χ0) is 7.52. The lowest BCUT2D eigenvalue weighted by Gasteiger charge is -2.08. The average Bonchev–Trinajstić information content (AvgIpc) is 2.58. The van der Waals surface area contributed by atoms with Gasteiger partial charge in [0.2, 0.25) is 0 Å². The molecule has 1 aromatic rings. The largest absolute Gasteiger partial charge is 1.00 e. The van der Waals surface area contributed by atoms with Gasteiger partial charge in [-0.2, -0.15) is 5.01 Å². The van der Waals surface area contributed by atoms with Crippen molar-refractivity contribution in [2.75, 3.05) is 18.1 Å². The van der Waals surface area contributed by atoms with Gasteiger partial charge in [-0.1, -0.05) is 10.7 Å². The van der Waals surface area contributed by atoms with Gasteiger partial charge in [0, 0.05) is 12.1 Å². The Bertz CT molecular complexity index is 219. The summed E-state index contributed by atoms with van der Waals surface area (Å²) in [6.07, 6.45) is 6.88. The Morgan fingerprint density at radius 2 is 1.50 bits per heavy atom. The zero-order valence-corrected chi connectivity index (χ0v) is 9.15. The minimum atomic E-state index is 0. The summed E-state index contributed by atoms with van der Waals surface area (Å²) in [7, 11) is 0. The van der Waals surface area contributed by atoms with Crippen LogP contribution < -0.4 is 33.7 Å². The third-order valence-electron chi connectivity index (χ3n) is 2.11. The molecule has 0 aromatic carbocycles. The fourth-order valence-corrected chi connectivity index (χ4v) is 1.51. The summed E-state index contributed by atoms with van der Waals surface area (Å²) in [6, 6.07) is 6.18. The second-order valence-corrected chi connectivity index (χ2v) is 2.92. The molecule has 0 radical (unpaired) electrons. The van der Waals surface area contributed by atoms with E-state index >= 15 is 0 Å². The lowest BCUT2D eigenvalue weighted by atomic mass is 10.4. The van der Waals surface area contributed by atoms with Gasteiger partial charge in [0.1, 0.15) is 0 Å². The number of pyridine rings is 1. The Morgan fingerprint density at radius 3 is 2.08 bits per heavy atom. The first-order valence-corrected chi connectivity index (χ1v) is 4.18. The molecular weight excluding hydrogens is 263 g/mol. The molecule has 1 aliphatic heterocycles. The predicted octanol–water partition coefficient (Wildman–Crippen LogP) is -2.29. The highest BCUT2D eigenvalue weighted by molar-refractivity contribution is 4.86. The maximum Gasteiger partial charge on any atom is 0.199 e. The third kappa shape index (κ3) is 2.09. The molecule has 0 aliphatic carbocycles. The lowest BCUT2D eigenvalue weighted by Crippen LogP contribution is -3.00. The molecule has 12 heavy (non-hydrogen) atoms. The number of halogens is 1. The van der Waals surface area contributed by atoms with Crippen LogP contribution in [0.1, 0.15) is 12.8 Å². The summed E-state index contributed by atoms with van der Waals surface area (Å²) >= 11 is 0. The maximum atomic E-state index is 2.36. The van der Waals surface area contributed by atoms with Gasteiger partial charge in [-0.05, 0) is 12.8 Å². The first-order chi connectivity index (χ1) is 5.47. The molecule has 1 fully saturated rings. The van der Waals surface area contributed by atoms with Crippen LogP contribution in [0.2, 0.25) is 0 Å². The third-order valence-corrected chi connectivity index (χ3v) is 2.11. The smallest absolute Gasteiger partial charge is 0.199 e. The summed E-state index contributed by atoms with van der Waals surface area (Å²) in [6.45, 7) is 2.41. The fraction of sp³-hybridized carbons (Fsp3) is 0.444. The van der Waals surface area contributed by atoms with Crippen molar-refractivity contribution in [2.45, 2.75) is 12.8 Å². The lowest BCUT2D eigenvalue weighted by molar-refractivity contribution is -0.691. The first kappa shape index (κ1) is 9.77. The quantitative estimate of drug-likeness (QED) is 0.414. The van der Waals surface area contributed by atoms with Crippen molar-refractivity contribution in [2.24, 2.45) is 0 Å². The Balaban J connectivity index is 0.000000720. The van der Waals surface area contributed by atoms with E-state index in [0.717, 1.165) is 0 Å². The monoisotopic (exact) mass is 276 g/mol. The van der Waals surface area contributed by atoms with Crippen LogP contribution in [0.25, 0.3) is 0 Å². The molecule has 0 bridgehead atoms. The summed E-state index contributed by atoms with van der Waals surface area (Å²) in [5, 5.41) is 2.36. The predicted molar refractivity (Wildman–Crippen MR) is 43.8 cm³/mol. The molecule has 1 aromatic heterocycles. The van der Waals surface area contributed by atoms with Crippen LogP contribution in [-0.2, 0) is 0 Å². The van der Waals surface area contributed by atoms with Crippen molar-refractivity contribution in [3.05, 3.63) is 30.6 Å². The van der Waals surface area contributed by atoms with Crippen molar-refractivity contribution in [3.63, 3.8) is 0 Å². The van der Waals surface area contributed by atoms with E-state index in [2.05, 4.69) is 34.2 Å². The van der Waals surface area contributed by atoms with E-state index in [9.17, 15) is 0 Å². The van der Waals surface area contributed by atoms with Gasteiger partial charge < -0.3 is 24.0 Å². The minimum absolute atomic E-state index is 0. The second kappa shape index (κ2) is 4.64. The number of hydrogen-bond donors (Lipinski definition) is 0. The molecule has 2 heterocycles. The number of aromatic nitrogens is 1. The van der Waals surface area contributed by atoms with Crippen molar-refractivity contribution in [3.8, 4) is 0 Å². The Kier molecular flexibility index (Phi) is 3.78. The molecule has 1 aliphatic rings. The summed E-state index contributed by atoms with van der Waals surface area (Å²) in [5.74, 6) is 0. The fourth-order valence-electron chi connectivity index (χ4n) is 1.51. The van der Waals surface area contributed by atoms with Crippen molar-refractivity contribution >= 4 is 0 Å². The van der Waals surface area contributed by atoms with E-state index in [4.69, 9.17) is 0 Å². The van der Waals surface area contributed by atoms with E-state index in [1.807, 2.05) is 6.07 Å². The number of hydrogen-bond acceptors (Lipinski definition) is 1. The topological polar surface area (TPSA) is 7.12 Å². The van der Waals surface area contributed by atoms with Gasteiger partial charge in [-0.3, -0.25) is 0 Å². The van der Waals surface area contributed by atoms with Gasteiger partial charge in [-0.25, -0.2) is 0 Å². The second-order valence-electron chi connectivity index (χ2n) is 2.92. The first-order valence-electron chi connectivity index (χ1n) is 4.18. The van der Waals surface area contributed by atoms with Gasteiger partial charge in [-0.15, -0.1) is 0 Å². The molecule has 0 amide bonds. The molecule has 3 heteroatoms. The van der Waals surface area contributed by atoms with Crippen LogP contribution in [0.15, 0.2) is 30.6 Å². The van der Waals surface area contributed by atoms with Crippen LogP contribution in [0.4, 0.5) is 0 Å². The molecule has 0 unspecified atom stereocenters. The minimum Gasteiger partial charge on any atom is -1.00 e. The van der Waals surface area contributed by atoms with Gasteiger partial charge >= 0.3 is 0 Å². The highest BCUT2D eigenvalue weighted by atomic mass is 127. The maximum absolute atomic E-state index is 2.36.